The van der Waals surface area contributed by atoms with Crippen molar-refractivity contribution in [2.24, 2.45) is 0 Å². The topological polar surface area (TPSA) is 41.1 Å². The van der Waals surface area contributed by atoms with Crippen LogP contribution in [0, 0.1) is 11.6 Å². The van der Waals surface area contributed by atoms with Gasteiger partial charge in [-0.2, -0.15) is 0 Å². The lowest BCUT2D eigenvalue weighted by atomic mass is 10.2. The van der Waals surface area contributed by atoms with Crippen LogP contribution in [-0.2, 0) is 0 Å². The summed E-state index contributed by atoms with van der Waals surface area (Å²) in [6.45, 7) is 1.28. The molecule has 1 amide bonds. The standard InChI is InChI=1S/C13H16F2N2O/c14-9-2-5-12(15)11(8-9)13(18)17-7-1-6-16-10-3-4-10/h2,5,8,10,16H,1,3-4,6-7H2,(H,17,18). The second-order valence-corrected chi connectivity index (χ2v) is 4.46. The van der Waals surface area contributed by atoms with Crippen molar-refractivity contribution in [2.45, 2.75) is 25.3 Å². The maximum absolute atomic E-state index is 13.3. The van der Waals surface area contributed by atoms with E-state index in [9.17, 15) is 13.6 Å². The molecule has 1 fully saturated rings. The van der Waals surface area contributed by atoms with Crippen LogP contribution in [0.25, 0.3) is 0 Å². The van der Waals surface area contributed by atoms with Crippen LogP contribution < -0.4 is 10.6 Å². The molecule has 5 heteroatoms. The summed E-state index contributed by atoms with van der Waals surface area (Å²) in [4.78, 5) is 11.6. The first kappa shape index (κ1) is 13.0. The van der Waals surface area contributed by atoms with Gasteiger partial charge in [-0.05, 0) is 44.0 Å². The van der Waals surface area contributed by atoms with Gasteiger partial charge in [-0.1, -0.05) is 0 Å². The van der Waals surface area contributed by atoms with Crippen LogP contribution in [-0.4, -0.2) is 25.0 Å². The number of rotatable bonds is 6. The molecule has 0 heterocycles. The van der Waals surface area contributed by atoms with E-state index in [0.717, 1.165) is 31.2 Å². The van der Waals surface area contributed by atoms with Crippen LogP contribution in [0.4, 0.5) is 8.78 Å². The molecule has 0 aromatic heterocycles. The fourth-order valence-electron chi connectivity index (χ4n) is 1.65. The Kier molecular flexibility index (Phi) is 4.25. The zero-order valence-electron chi connectivity index (χ0n) is 10.0. The van der Waals surface area contributed by atoms with Gasteiger partial charge in [-0.3, -0.25) is 4.79 Å². The molecule has 1 aliphatic carbocycles. The quantitative estimate of drug-likeness (QED) is 0.760. The molecule has 2 rings (SSSR count). The summed E-state index contributed by atoms with van der Waals surface area (Å²) in [5, 5.41) is 5.88. The zero-order valence-corrected chi connectivity index (χ0v) is 10.0. The third kappa shape index (κ3) is 3.77. The monoisotopic (exact) mass is 254 g/mol. The molecule has 1 saturated carbocycles. The van der Waals surface area contributed by atoms with Gasteiger partial charge in [0.2, 0.25) is 0 Å². The summed E-state index contributed by atoms with van der Waals surface area (Å²) >= 11 is 0. The lowest BCUT2D eigenvalue weighted by molar-refractivity contribution is 0.0948. The Morgan fingerprint density at radius 2 is 2.06 bits per heavy atom. The van der Waals surface area contributed by atoms with E-state index < -0.39 is 17.5 Å². The molecule has 1 aliphatic rings. The molecular weight excluding hydrogens is 238 g/mol. The molecule has 1 aromatic rings. The van der Waals surface area contributed by atoms with Crippen LogP contribution in [0.1, 0.15) is 29.6 Å². The average Bonchev–Trinajstić information content (AvgIpc) is 3.15. The first-order chi connectivity index (χ1) is 8.66. The van der Waals surface area contributed by atoms with Gasteiger partial charge in [0.05, 0.1) is 5.56 Å². The maximum atomic E-state index is 13.3. The van der Waals surface area contributed by atoms with E-state index in [2.05, 4.69) is 10.6 Å². The summed E-state index contributed by atoms with van der Waals surface area (Å²) in [5.41, 5.74) is -0.245. The highest BCUT2D eigenvalue weighted by Crippen LogP contribution is 2.18. The van der Waals surface area contributed by atoms with Gasteiger partial charge in [0, 0.05) is 12.6 Å². The predicted molar refractivity (Wildman–Crippen MR) is 64.3 cm³/mol. The largest absolute Gasteiger partial charge is 0.352 e. The minimum absolute atomic E-state index is 0.245. The van der Waals surface area contributed by atoms with Gasteiger partial charge >= 0.3 is 0 Å². The Morgan fingerprint density at radius 1 is 1.28 bits per heavy atom. The number of nitrogens with one attached hydrogen (secondary N) is 2. The molecule has 0 radical (unpaired) electrons. The van der Waals surface area contributed by atoms with Crippen molar-refractivity contribution in [3.05, 3.63) is 35.4 Å². The molecule has 0 unspecified atom stereocenters. The highest BCUT2D eigenvalue weighted by molar-refractivity contribution is 5.94. The van der Waals surface area contributed by atoms with Gasteiger partial charge in [-0.25, -0.2) is 8.78 Å². The maximum Gasteiger partial charge on any atom is 0.254 e. The van der Waals surface area contributed by atoms with Gasteiger partial charge in [0.25, 0.3) is 5.91 Å². The minimum atomic E-state index is -0.704. The van der Waals surface area contributed by atoms with Crippen LogP contribution >= 0.6 is 0 Å². The summed E-state index contributed by atoms with van der Waals surface area (Å²) in [6, 6.07) is 3.50. The van der Waals surface area contributed by atoms with E-state index in [1.807, 2.05) is 0 Å². The molecule has 0 atom stereocenters. The Labute approximate surface area is 105 Å². The number of hydrogen-bond donors (Lipinski definition) is 2. The molecule has 0 spiro atoms. The van der Waals surface area contributed by atoms with Crippen molar-refractivity contribution in [3.8, 4) is 0 Å². The fraction of sp³-hybridized carbons (Fsp3) is 0.462. The number of halogens is 2. The van der Waals surface area contributed by atoms with Gasteiger partial charge in [0.15, 0.2) is 0 Å². The van der Waals surface area contributed by atoms with E-state index in [1.54, 1.807) is 0 Å². The second kappa shape index (κ2) is 5.91. The first-order valence-electron chi connectivity index (χ1n) is 6.13. The first-order valence-corrected chi connectivity index (χ1v) is 6.13. The van der Waals surface area contributed by atoms with Crippen LogP contribution in [0.3, 0.4) is 0 Å². The van der Waals surface area contributed by atoms with Crippen LogP contribution in [0.2, 0.25) is 0 Å². The number of carbonyl (C=O) groups is 1. The number of benzene rings is 1. The summed E-state index contributed by atoms with van der Waals surface area (Å²) in [6.07, 6.45) is 3.22. The SMILES string of the molecule is O=C(NCCCNC1CC1)c1cc(F)ccc1F. The summed E-state index contributed by atoms with van der Waals surface area (Å²) < 4.78 is 26.2. The van der Waals surface area contributed by atoms with Crippen molar-refractivity contribution in [3.63, 3.8) is 0 Å². The van der Waals surface area contributed by atoms with Crippen molar-refractivity contribution in [1.82, 2.24) is 10.6 Å². The normalized spacial score (nSPS) is 14.6. The van der Waals surface area contributed by atoms with Crippen LogP contribution in [0.5, 0.6) is 0 Å². The van der Waals surface area contributed by atoms with Crippen molar-refractivity contribution < 1.29 is 13.6 Å². The van der Waals surface area contributed by atoms with E-state index in [4.69, 9.17) is 0 Å². The minimum Gasteiger partial charge on any atom is -0.352 e. The van der Waals surface area contributed by atoms with Crippen LogP contribution in [0.15, 0.2) is 18.2 Å². The van der Waals surface area contributed by atoms with Gasteiger partial charge in [0.1, 0.15) is 11.6 Å². The second-order valence-electron chi connectivity index (χ2n) is 4.46. The molecule has 2 N–H and O–H groups in total. The Balaban J connectivity index is 1.74. The van der Waals surface area contributed by atoms with E-state index in [-0.39, 0.29) is 5.56 Å². The van der Waals surface area contributed by atoms with Crippen molar-refractivity contribution in [2.75, 3.05) is 13.1 Å². The Bertz CT molecular complexity index is 433. The molecule has 0 bridgehead atoms. The summed E-state index contributed by atoms with van der Waals surface area (Å²) in [5.74, 6) is -1.89. The highest BCUT2D eigenvalue weighted by atomic mass is 19.1. The van der Waals surface area contributed by atoms with E-state index >= 15 is 0 Å². The molecule has 1 aromatic carbocycles. The number of carbonyl (C=O) groups excluding carboxylic acids is 1. The zero-order chi connectivity index (χ0) is 13.0. The average molecular weight is 254 g/mol. The molecule has 0 aliphatic heterocycles. The highest BCUT2D eigenvalue weighted by Gasteiger charge is 2.19. The van der Waals surface area contributed by atoms with Crippen molar-refractivity contribution in [1.29, 1.82) is 0 Å². The fourth-order valence-corrected chi connectivity index (χ4v) is 1.65. The van der Waals surface area contributed by atoms with E-state index in [1.165, 1.54) is 12.8 Å². The molecule has 3 nitrogen and oxygen atoms in total. The number of amides is 1. The third-order valence-electron chi connectivity index (χ3n) is 2.82. The predicted octanol–water partition coefficient (Wildman–Crippen LogP) is 1.84. The van der Waals surface area contributed by atoms with Gasteiger partial charge < -0.3 is 10.6 Å². The molecule has 98 valence electrons. The Hall–Kier alpha value is -1.49. The third-order valence-corrected chi connectivity index (χ3v) is 2.82. The molecular formula is C13H16F2N2O. The van der Waals surface area contributed by atoms with Crippen molar-refractivity contribution >= 4 is 5.91 Å². The molecule has 18 heavy (non-hydrogen) atoms. The molecule has 0 saturated heterocycles. The Morgan fingerprint density at radius 3 is 2.78 bits per heavy atom. The number of hydrogen-bond acceptors (Lipinski definition) is 2. The lowest BCUT2D eigenvalue weighted by Crippen LogP contribution is -2.28. The lowest BCUT2D eigenvalue weighted by Gasteiger charge is -2.06. The van der Waals surface area contributed by atoms with E-state index in [0.29, 0.717) is 12.6 Å². The summed E-state index contributed by atoms with van der Waals surface area (Å²) in [7, 11) is 0. The smallest absolute Gasteiger partial charge is 0.254 e. The van der Waals surface area contributed by atoms with Gasteiger partial charge in [-0.15, -0.1) is 0 Å².